The number of rotatable bonds is 12. The van der Waals surface area contributed by atoms with Gasteiger partial charge in [-0.1, -0.05) is 28.1 Å². The van der Waals surface area contributed by atoms with Crippen LogP contribution >= 0.6 is 15.9 Å². The van der Waals surface area contributed by atoms with Crippen molar-refractivity contribution in [3.05, 3.63) is 64.4 Å². The number of amides is 1. The number of nitrogens with zero attached hydrogens (tertiary/aromatic N) is 3. The molecule has 1 aliphatic heterocycles. The normalized spacial score (nSPS) is 15.6. The summed E-state index contributed by atoms with van der Waals surface area (Å²) in [5.74, 6) is -1.04. The number of piperidine rings is 1. The zero-order chi connectivity index (χ0) is 27.9. The van der Waals surface area contributed by atoms with Crippen molar-refractivity contribution in [2.75, 3.05) is 45.6 Å². The average Bonchev–Trinajstić information content (AvgIpc) is 2.90. The first-order valence-corrected chi connectivity index (χ1v) is 16.1. The van der Waals surface area contributed by atoms with Crippen LogP contribution in [0.3, 0.4) is 0 Å². The molecule has 0 bridgehead atoms. The third-order valence-corrected chi connectivity index (χ3v) is 10.8. The van der Waals surface area contributed by atoms with E-state index in [0.29, 0.717) is 18.4 Å². The highest BCUT2D eigenvalue weighted by Crippen LogP contribution is 2.26. The number of halogens is 2. The molecule has 0 atom stereocenters. The van der Waals surface area contributed by atoms with Crippen LogP contribution in [0.2, 0.25) is 0 Å². The summed E-state index contributed by atoms with van der Waals surface area (Å²) in [5.41, 5.74) is 0.560. The van der Waals surface area contributed by atoms with E-state index >= 15 is 0 Å². The van der Waals surface area contributed by atoms with Crippen molar-refractivity contribution in [1.29, 1.82) is 0 Å². The summed E-state index contributed by atoms with van der Waals surface area (Å²) in [6.07, 6.45) is 0.713. The van der Waals surface area contributed by atoms with E-state index < -0.39 is 31.8 Å². The zero-order valence-corrected chi connectivity index (χ0v) is 24.6. The zero-order valence-electron chi connectivity index (χ0n) is 21.4. The van der Waals surface area contributed by atoms with E-state index in [4.69, 9.17) is 4.74 Å². The molecule has 210 valence electrons. The van der Waals surface area contributed by atoms with E-state index in [1.807, 2.05) is 0 Å². The molecule has 13 heteroatoms. The number of benzene rings is 2. The van der Waals surface area contributed by atoms with Gasteiger partial charge in [0.05, 0.1) is 23.8 Å². The predicted octanol–water partition coefficient (Wildman–Crippen LogP) is 3.07. The minimum Gasteiger partial charge on any atom is -0.383 e. The highest BCUT2D eigenvalue weighted by Gasteiger charge is 2.35. The second-order valence-corrected chi connectivity index (χ2v) is 14.1. The minimum atomic E-state index is -3.71. The molecular formula is C25H33BrFN3O6S2. The Bertz CT molecular complexity index is 1300. The van der Waals surface area contributed by atoms with Crippen LogP contribution in [0.4, 0.5) is 4.39 Å². The van der Waals surface area contributed by atoms with E-state index in [0.717, 1.165) is 8.78 Å². The van der Waals surface area contributed by atoms with Crippen molar-refractivity contribution in [3.8, 4) is 0 Å². The van der Waals surface area contributed by atoms with Gasteiger partial charge in [-0.25, -0.2) is 21.2 Å². The SMILES string of the molecule is CCS(=O)(=O)N(CCOC)CC(=O)N(Cc1cccc(F)c1)C1CCN(S(=O)(=O)c2ccc(Br)cc2)CC1. The van der Waals surface area contributed by atoms with Crippen LogP contribution in [0.1, 0.15) is 25.3 Å². The van der Waals surface area contributed by atoms with Gasteiger partial charge in [-0.15, -0.1) is 0 Å². The molecule has 1 heterocycles. The Kier molecular flexibility index (Phi) is 10.8. The lowest BCUT2D eigenvalue weighted by Crippen LogP contribution is -2.51. The van der Waals surface area contributed by atoms with Gasteiger partial charge in [0.25, 0.3) is 0 Å². The van der Waals surface area contributed by atoms with Crippen LogP contribution in [0.25, 0.3) is 0 Å². The molecule has 0 aliphatic carbocycles. The molecule has 38 heavy (non-hydrogen) atoms. The Morgan fingerprint density at radius 1 is 1.11 bits per heavy atom. The molecule has 3 rings (SSSR count). The number of sulfonamides is 2. The maximum Gasteiger partial charge on any atom is 0.243 e. The Labute approximate surface area is 232 Å². The molecule has 0 unspecified atom stereocenters. The van der Waals surface area contributed by atoms with Crippen molar-refractivity contribution < 1.29 is 30.8 Å². The van der Waals surface area contributed by atoms with Crippen LogP contribution in [0.15, 0.2) is 57.9 Å². The van der Waals surface area contributed by atoms with Gasteiger partial charge in [-0.05, 0) is 61.7 Å². The number of hydrogen-bond acceptors (Lipinski definition) is 6. The summed E-state index contributed by atoms with van der Waals surface area (Å²) >= 11 is 3.31. The summed E-state index contributed by atoms with van der Waals surface area (Å²) in [6, 6.07) is 11.9. The van der Waals surface area contributed by atoms with Crippen molar-refractivity contribution in [1.82, 2.24) is 13.5 Å². The summed E-state index contributed by atoms with van der Waals surface area (Å²) < 4.78 is 73.7. The third-order valence-electron chi connectivity index (χ3n) is 6.49. The summed E-state index contributed by atoms with van der Waals surface area (Å²) in [5, 5.41) is 0. The summed E-state index contributed by atoms with van der Waals surface area (Å²) in [4.78, 5) is 15.3. The molecule has 1 fully saturated rings. The van der Waals surface area contributed by atoms with E-state index in [-0.39, 0.29) is 56.0 Å². The van der Waals surface area contributed by atoms with E-state index in [1.165, 1.54) is 42.6 Å². The Morgan fingerprint density at radius 2 is 1.76 bits per heavy atom. The maximum absolute atomic E-state index is 13.9. The van der Waals surface area contributed by atoms with E-state index in [1.54, 1.807) is 29.2 Å². The molecule has 0 spiro atoms. The maximum atomic E-state index is 13.9. The molecule has 0 saturated carbocycles. The average molecular weight is 635 g/mol. The van der Waals surface area contributed by atoms with Crippen molar-refractivity contribution in [2.45, 2.75) is 37.2 Å². The first-order chi connectivity index (χ1) is 18.0. The van der Waals surface area contributed by atoms with Crippen LogP contribution in [0.5, 0.6) is 0 Å². The number of methoxy groups -OCH3 is 1. The lowest BCUT2D eigenvalue weighted by atomic mass is 10.0. The minimum absolute atomic E-state index is 0.0239. The monoisotopic (exact) mass is 633 g/mol. The molecule has 1 amide bonds. The van der Waals surface area contributed by atoms with Crippen LogP contribution in [-0.4, -0.2) is 87.9 Å². The van der Waals surface area contributed by atoms with E-state index in [9.17, 15) is 26.0 Å². The van der Waals surface area contributed by atoms with Gasteiger partial charge in [-0.2, -0.15) is 8.61 Å². The van der Waals surface area contributed by atoms with E-state index in [2.05, 4.69) is 15.9 Å². The summed E-state index contributed by atoms with van der Waals surface area (Å²) in [6.45, 7) is 1.73. The fraction of sp³-hybridized carbons (Fsp3) is 0.480. The van der Waals surface area contributed by atoms with Crippen LogP contribution in [-0.2, 0) is 36.1 Å². The predicted molar refractivity (Wildman–Crippen MR) is 146 cm³/mol. The molecule has 0 radical (unpaired) electrons. The van der Waals surface area contributed by atoms with Crippen molar-refractivity contribution >= 4 is 41.9 Å². The van der Waals surface area contributed by atoms with Gasteiger partial charge in [0.2, 0.25) is 26.0 Å². The molecule has 0 aromatic heterocycles. The van der Waals surface area contributed by atoms with Gasteiger partial charge in [0, 0.05) is 43.8 Å². The highest BCUT2D eigenvalue weighted by molar-refractivity contribution is 9.10. The second kappa shape index (κ2) is 13.4. The van der Waals surface area contributed by atoms with Crippen LogP contribution < -0.4 is 0 Å². The highest BCUT2D eigenvalue weighted by atomic mass is 79.9. The number of ether oxygens (including phenoxy) is 1. The Hall–Kier alpha value is -1.90. The first kappa shape index (κ1) is 30.6. The first-order valence-electron chi connectivity index (χ1n) is 12.2. The van der Waals surface area contributed by atoms with Gasteiger partial charge in [0.1, 0.15) is 5.82 Å². The fourth-order valence-electron chi connectivity index (χ4n) is 4.34. The quantitative estimate of drug-likeness (QED) is 0.356. The number of hydrogen-bond donors (Lipinski definition) is 0. The topological polar surface area (TPSA) is 104 Å². The molecule has 1 saturated heterocycles. The Morgan fingerprint density at radius 3 is 2.34 bits per heavy atom. The standard InChI is InChI=1S/C25H33BrFN3O6S2/c1-3-37(32,33)29(15-16-36-2)19-25(31)30(18-20-5-4-6-22(27)17-20)23-11-13-28(14-12-23)38(34,35)24-9-7-21(26)8-10-24/h4-10,17,23H,3,11-16,18-19H2,1-2H3. The van der Waals surface area contributed by atoms with Gasteiger partial charge in [0.15, 0.2) is 0 Å². The van der Waals surface area contributed by atoms with Crippen LogP contribution in [0, 0.1) is 5.82 Å². The van der Waals surface area contributed by atoms with Crippen molar-refractivity contribution in [2.24, 2.45) is 0 Å². The number of carbonyl (C=O) groups is 1. The third kappa shape index (κ3) is 7.82. The summed E-state index contributed by atoms with van der Waals surface area (Å²) in [7, 11) is -5.94. The molecule has 9 nitrogen and oxygen atoms in total. The largest absolute Gasteiger partial charge is 0.383 e. The molecule has 2 aromatic carbocycles. The second-order valence-electron chi connectivity index (χ2n) is 8.97. The van der Waals surface area contributed by atoms with Gasteiger partial charge in [-0.3, -0.25) is 4.79 Å². The number of carbonyl (C=O) groups excluding carboxylic acids is 1. The fourth-order valence-corrected chi connectivity index (χ4v) is 7.10. The molecule has 0 N–H and O–H groups in total. The lowest BCUT2D eigenvalue weighted by Gasteiger charge is -2.39. The van der Waals surface area contributed by atoms with Gasteiger partial charge < -0.3 is 9.64 Å². The van der Waals surface area contributed by atoms with Gasteiger partial charge >= 0.3 is 0 Å². The lowest BCUT2D eigenvalue weighted by molar-refractivity contribution is -0.135. The smallest absolute Gasteiger partial charge is 0.243 e. The molecule has 1 aliphatic rings. The molecular weight excluding hydrogens is 601 g/mol. The Balaban J connectivity index is 1.81. The molecule has 2 aromatic rings. The van der Waals surface area contributed by atoms with Crippen molar-refractivity contribution in [3.63, 3.8) is 0 Å².